The van der Waals surface area contributed by atoms with Crippen molar-refractivity contribution in [2.75, 3.05) is 36.0 Å². The van der Waals surface area contributed by atoms with Gasteiger partial charge in [-0.2, -0.15) is 35.1 Å². The van der Waals surface area contributed by atoms with Gasteiger partial charge < -0.3 is 40.1 Å². The quantitative estimate of drug-likeness (QED) is 0.200. The van der Waals surface area contributed by atoms with E-state index >= 15 is 0 Å². The molecule has 0 bridgehead atoms. The Hall–Kier alpha value is -5.21. The summed E-state index contributed by atoms with van der Waals surface area (Å²) in [6, 6.07) is 2.74. The summed E-state index contributed by atoms with van der Waals surface area (Å²) < 4.78 is 121. The Morgan fingerprint density at radius 3 is 1.35 bits per heavy atom. The minimum Gasteiger partial charge on any atom is -0.476 e. The smallest absolute Gasteiger partial charge is 0.417 e. The van der Waals surface area contributed by atoms with Crippen LogP contribution in [-0.4, -0.2) is 107 Å². The zero-order chi connectivity index (χ0) is 51.6. The molecule has 2 aliphatic carbocycles. The molecule has 5 amide bonds. The summed E-state index contributed by atoms with van der Waals surface area (Å²) in [6.45, 7) is 12.4. The molecule has 0 atom stereocenters. The molecule has 2 aliphatic heterocycles. The standard InChI is InChI=1S/C25H32F5N3O4.C23H32F3N3O3/c1-14(2)33(15-8-6-5-7-9-15)22(35)16-12-18-19(13-17(16)25(28,29)30)37-24(3,4)23(36)32(18)11-10-31-21(34)20(26)27;1-14(2)29(15-8-6-5-7-9-15)20(30)16-12-18-19(13-17(16)23(24,25)26)32-22(3,4)21(31)28(18)11-10-27/h12-15,20H,5-11H2,1-4H3,(H,31,34);12-15H,5-11,27H2,1-4H3. The van der Waals surface area contributed by atoms with E-state index in [0.29, 0.717) is 18.9 Å². The van der Waals surface area contributed by atoms with Gasteiger partial charge in [-0.3, -0.25) is 24.0 Å². The van der Waals surface area contributed by atoms with Crippen molar-refractivity contribution in [1.82, 2.24) is 15.1 Å². The highest BCUT2D eigenvalue weighted by Crippen LogP contribution is 2.46. The van der Waals surface area contributed by atoms with E-state index in [1.54, 1.807) is 18.7 Å². The van der Waals surface area contributed by atoms with E-state index in [-0.39, 0.29) is 73.2 Å². The molecule has 0 radical (unpaired) electrons. The topological polar surface area (TPSA) is 155 Å². The van der Waals surface area contributed by atoms with Gasteiger partial charge >= 0.3 is 18.8 Å². The normalized spacial score (nSPS) is 18.5. The Morgan fingerprint density at radius 1 is 0.667 bits per heavy atom. The summed E-state index contributed by atoms with van der Waals surface area (Å²) in [5, 5.41) is 1.98. The van der Waals surface area contributed by atoms with Crippen LogP contribution in [-0.2, 0) is 26.7 Å². The zero-order valence-electron chi connectivity index (χ0n) is 40.3. The van der Waals surface area contributed by atoms with Crippen molar-refractivity contribution < 1.29 is 68.6 Å². The number of halogens is 8. The molecule has 21 heteroatoms. The van der Waals surface area contributed by atoms with Crippen LogP contribution in [0.5, 0.6) is 11.5 Å². The number of carbonyl (C=O) groups excluding carboxylic acids is 5. The van der Waals surface area contributed by atoms with E-state index < -0.39 is 81.8 Å². The van der Waals surface area contributed by atoms with Gasteiger partial charge in [0.15, 0.2) is 11.2 Å². The van der Waals surface area contributed by atoms with Crippen LogP contribution in [0.3, 0.4) is 0 Å². The first-order valence-electron chi connectivity index (χ1n) is 23.5. The number of hydrogen-bond donors (Lipinski definition) is 2. The summed E-state index contributed by atoms with van der Waals surface area (Å²) >= 11 is 0. The number of anilines is 2. The summed E-state index contributed by atoms with van der Waals surface area (Å²) in [6.07, 6.45) is -4.33. The molecule has 69 heavy (non-hydrogen) atoms. The molecule has 13 nitrogen and oxygen atoms in total. The van der Waals surface area contributed by atoms with Crippen molar-refractivity contribution in [1.29, 1.82) is 0 Å². The lowest BCUT2D eigenvalue weighted by Crippen LogP contribution is -2.54. The molecule has 384 valence electrons. The first-order valence-corrected chi connectivity index (χ1v) is 23.5. The lowest BCUT2D eigenvalue weighted by molar-refractivity contribution is -0.139. The molecule has 0 unspecified atom stereocenters. The zero-order valence-corrected chi connectivity index (χ0v) is 40.3. The number of hydrogen-bond acceptors (Lipinski definition) is 8. The maximum Gasteiger partial charge on any atom is 0.417 e. The monoisotopic (exact) mass is 988 g/mol. The third-order valence-corrected chi connectivity index (χ3v) is 12.8. The van der Waals surface area contributed by atoms with Crippen LogP contribution < -0.4 is 30.3 Å². The number of amides is 5. The average molecular weight is 989 g/mol. The number of nitrogens with two attached hydrogens (primary N) is 1. The molecule has 2 fully saturated rings. The number of fused-ring (bicyclic) bond motifs is 2. The van der Waals surface area contributed by atoms with Gasteiger partial charge in [-0.25, -0.2) is 0 Å². The van der Waals surface area contributed by atoms with Crippen molar-refractivity contribution >= 4 is 40.9 Å². The number of nitrogens with zero attached hydrogens (tertiary/aromatic N) is 4. The largest absolute Gasteiger partial charge is 0.476 e. The second-order valence-electron chi connectivity index (χ2n) is 19.4. The van der Waals surface area contributed by atoms with Crippen molar-refractivity contribution in [3.8, 4) is 11.5 Å². The maximum absolute atomic E-state index is 14.2. The third kappa shape index (κ3) is 12.2. The molecule has 3 N–H and O–H groups in total. The third-order valence-electron chi connectivity index (χ3n) is 12.8. The van der Waals surface area contributed by atoms with Crippen molar-refractivity contribution in [3.05, 3.63) is 46.5 Å². The minimum absolute atomic E-state index is 0.0827. The van der Waals surface area contributed by atoms with Gasteiger partial charge in [0.2, 0.25) is 0 Å². The summed E-state index contributed by atoms with van der Waals surface area (Å²) in [4.78, 5) is 69.9. The van der Waals surface area contributed by atoms with Gasteiger partial charge in [0.25, 0.3) is 29.5 Å². The van der Waals surface area contributed by atoms with Gasteiger partial charge in [-0.05, 0) is 105 Å². The first-order chi connectivity index (χ1) is 32.0. The fraction of sp³-hybridized carbons (Fsp3) is 0.646. The van der Waals surface area contributed by atoms with E-state index in [2.05, 4.69) is 0 Å². The second-order valence-corrected chi connectivity index (χ2v) is 19.4. The van der Waals surface area contributed by atoms with E-state index in [1.807, 2.05) is 19.2 Å². The fourth-order valence-electron chi connectivity index (χ4n) is 9.63. The van der Waals surface area contributed by atoms with Crippen LogP contribution in [0.2, 0.25) is 0 Å². The molecular formula is C48H64F8N6O7. The van der Waals surface area contributed by atoms with Crippen molar-refractivity contribution in [2.24, 2.45) is 5.73 Å². The van der Waals surface area contributed by atoms with Crippen LogP contribution in [0.25, 0.3) is 0 Å². The highest BCUT2D eigenvalue weighted by atomic mass is 19.4. The van der Waals surface area contributed by atoms with Crippen LogP contribution >= 0.6 is 0 Å². The van der Waals surface area contributed by atoms with Gasteiger partial charge in [-0.15, -0.1) is 0 Å². The molecule has 0 aromatic heterocycles. The van der Waals surface area contributed by atoms with E-state index in [4.69, 9.17) is 15.2 Å². The lowest BCUT2D eigenvalue weighted by atomic mass is 9.92. The van der Waals surface area contributed by atoms with E-state index in [0.717, 1.165) is 74.5 Å². The minimum atomic E-state index is -4.89. The van der Waals surface area contributed by atoms with Crippen LogP contribution in [0.4, 0.5) is 46.5 Å². The fourth-order valence-corrected chi connectivity index (χ4v) is 9.63. The first kappa shape index (κ1) is 54.7. The molecule has 2 saturated carbocycles. The Balaban J connectivity index is 0.000000260. The lowest BCUT2D eigenvalue weighted by Gasteiger charge is -2.40. The Kier molecular flexibility index (Phi) is 17.0. The van der Waals surface area contributed by atoms with Gasteiger partial charge in [0.1, 0.15) is 11.5 Å². The Morgan fingerprint density at radius 2 is 1.03 bits per heavy atom. The SMILES string of the molecule is CC(C)N(C(=O)c1cc2c(cc1C(F)(F)F)OC(C)(C)C(=O)N2CCN)C1CCCCC1.CC(C)N(C(=O)c1cc2c(cc1C(F)(F)F)OC(C)(C)C(=O)N2CCNC(=O)C(F)F)C1CCCCC1. The van der Waals surface area contributed by atoms with E-state index in [1.165, 1.54) is 37.5 Å². The summed E-state index contributed by atoms with van der Waals surface area (Å²) in [5.74, 6) is -4.45. The number of benzene rings is 2. The summed E-state index contributed by atoms with van der Waals surface area (Å²) in [5.41, 5.74) is -0.537. The number of alkyl halides is 8. The molecule has 2 aromatic rings. The molecular weight excluding hydrogens is 925 g/mol. The van der Waals surface area contributed by atoms with E-state index in [9.17, 15) is 59.1 Å². The Labute approximate surface area is 397 Å². The molecule has 4 aliphatic rings. The number of rotatable bonds is 12. The molecule has 2 heterocycles. The number of carbonyl (C=O) groups is 5. The average Bonchev–Trinajstić information content (AvgIpc) is 3.25. The number of nitrogens with one attached hydrogen (secondary N) is 1. The highest BCUT2D eigenvalue weighted by Gasteiger charge is 2.47. The van der Waals surface area contributed by atoms with Crippen molar-refractivity contribution in [2.45, 2.75) is 174 Å². The van der Waals surface area contributed by atoms with Crippen LogP contribution in [0, 0.1) is 0 Å². The highest BCUT2D eigenvalue weighted by molar-refractivity contribution is 6.06. The number of ether oxygens (including phenoxy) is 2. The summed E-state index contributed by atoms with van der Waals surface area (Å²) in [7, 11) is 0. The maximum atomic E-state index is 14.2. The Bertz CT molecular complexity index is 2220. The second kappa shape index (κ2) is 21.4. The van der Waals surface area contributed by atoms with Crippen LogP contribution in [0.15, 0.2) is 24.3 Å². The molecule has 2 aromatic carbocycles. The molecule has 0 saturated heterocycles. The molecule has 6 rings (SSSR count). The van der Waals surface area contributed by atoms with Gasteiger partial charge in [0, 0.05) is 50.3 Å². The predicted molar refractivity (Wildman–Crippen MR) is 241 cm³/mol. The van der Waals surface area contributed by atoms with Gasteiger partial charge in [-0.1, -0.05) is 38.5 Å². The van der Waals surface area contributed by atoms with Crippen molar-refractivity contribution in [3.63, 3.8) is 0 Å². The predicted octanol–water partition coefficient (Wildman–Crippen LogP) is 9.13. The van der Waals surface area contributed by atoms with Crippen LogP contribution in [0.1, 0.15) is 151 Å². The molecule has 0 spiro atoms. The van der Waals surface area contributed by atoms with Gasteiger partial charge in [0.05, 0.1) is 33.6 Å².